The summed E-state index contributed by atoms with van der Waals surface area (Å²) in [6, 6.07) is 17.7. The topological polar surface area (TPSA) is 68.5 Å². The van der Waals surface area contributed by atoms with Crippen molar-refractivity contribution in [1.82, 2.24) is 14.4 Å². The maximum Gasteiger partial charge on any atom is 0.274 e. The van der Waals surface area contributed by atoms with Crippen LogP contribution < -0.4 is 10.1 Å². The van der Waals surface area contributed by atoms with E-state index in [9.17, 15) is 4.79 Å². The Labute approximate surface area is 183 Å². The molecule has 3 aromatic heterocycles. The molecule has 2 aromatic carbocycles. The number of hydrogen-bond donors (Lipinski definition) is 1. The first-order chi connectivity index (χ1) is 15.0. The lowest BCUT2D eigenvalue weighted by atomic mass is 10.2. The van der Waals surface area contributed by atoms with Gasteiger partial charge >= 0.3 is 0 Å². The van der Waals surface area contributed by atoms with Gasteiger partial charge in [-0.2, -0.15) is 0 Å². The second kappa shape index (κ2) is 7.52. The van der Waals surface area contributed by atoms with Crippen molar-refractivity contribution < 1.29 is 9.53 Å². The Morgan fingerprint density at radius 3 is 2.65 bits per heavy atom. The smallest absolute Gasteiger partial charge is 0.274 e. The molecule has 31 heavy (non-hydrogen) atoms. The van der Waals surface area contributed by atoms with Crippen LogP contribution in [0.4, 0.5) is 5.69 Å². The number of aryl methyl sites for hydroxylation is 2. The van der Waals surface area contributed by atoms with Gasteiger partial charge in [0.1, 0.15) is 10.7 Å². The number of methoxy groups -OCH3 is 1. The van der Waals surface area contributed by atoms with Gasteiger partial charge in [-0.3, -0.25) is 9.20 Å². The third-order valence-corrected chi connectivity index (χ3v) is 6.22. The van der Waals surface area contributed by atoms with Crippen LogP contribution in [0.2, 0.25) is 0 Å². The number of hydrogen-bond acceptors (Lipinski definition) is 5. The predicted molar refractivity (Wildman–Crippen MR) is 124 cm³/mol. The fourth-order valence-electron chi connectivity index (χ4n) is 3.63. The molecule has 0 spiro atoms. The predicted octanol–water partition coefficient (Wildman–Crippen LogP) is 5.49. The largest absolute Gasteiger partial charge is 0.493 e. The van der Waals surface area contributed by atoms with Crippen molar-refractivity contribution in [2.24, 2.45) is 0 Å². The molecule has 0 aliphatic heterocycles. The standard InChI is InChI=1S/C24H20N4O2S/c1-14-6-11-18-20(13-14)31-24(27-18)16-7-9-17(10-8-16)26-23(29)21-15(2)25-22-19(30-3)5-4-12-28(21)22/h4-13H,1-3H3,(H,26,29). The Morgan fingerprint density at radius 1 is 1.06 bits per heavy atom. The van der Waals surface area contributed by atoms with Gasteiger partial charge in [0, 0.05) is 17.4 Å². The number of ether oxygens (including phenoxy) is 1. The third-order valence-electron chi connectivity index (χ3n) is 5.16. The van der Waals surface area contributed by atoms with Crippen molar-refractivity contribution >= 4 is 38.8 Å². The molecular formula is C24H20N4O2S. The van der Waals surface area contributed by atoms with Crippen LogP contribution in [0.25, 0.3) is 26.4 Å². The molecule has 154 valence electrons. The molecule has 7 heteroatoms. The van der Waals surface area contributed by atoms with Crippen molar-refractivity contribution in [3.8, 4) is 16.3 Å². The van der Waals surface area contributed by atoms with Crippen molar-refractivity contribution in [2.45, 2.75) is 13.8 Å². The van der Waals surface area contributed by atoms with E-state index < -0.39 is 0 Å². The van der Waals surface area contributed by atoms with Gasteiger partial charge in [0.05, 0.1) is 23.0 Å². The first-order valence-corrected chi connectivity index (χ1v) is 10.7. The zero-order chi connectivity index (χ0) is 21.5. The monoisotopic (exact) mass is 428 g/mol. The van der Waals surface area contributed by atoms with Gasteiger partial charge in [0.2, 0.25) is 0 Å². The Morgan fingerprint density at radius 2 is 1.87 bits per heavy atom. The molecular weight excluding hydrogens is 408 g/mol. The number of anilines is 1. The summed E-state index contributed by atoms with van der Waals surface area (Å²) >= 11 is 1.67. The highest BCUT2D eigenvalue weighted by molar-refractivity contribution is 7.21. The van der Waals surface area contributed by atoms with Gasteiger partial charge in [-0.25, -0.2) is 9.97 Å². The van der Waals surface area contributed by atoms with Gasteiger partial charge in [-0.1, -0.05) is 6.07 Å². The van der Waals surface area contributed by atoms with E-state index in [1.165, 1.54) is 10.3 Å². The lowest BCUT2D eigenvalue weighted by molar-refractivity contribution is 0.102. The van der Waals surface area contributed by atoms with E-state index in [-0.39, 0.29) is 5.91 Å². The molecule has 0 bridgehead atoms. The molecule has 0 saturated carbocycles. The molecule has 0 unspecified atom stereocenters. The molecule has 1 N–H and O–H groups in total. The van der Waals surface area contributed by atoms with Crippen LogP contribution in [0.1, 0.15) is 21.7 Å². The van der Waals surface area contributed by atoms with Gasteiger partial charge in [-0.15, -0.1) is 11.3 Å². The number of amides is 1. The van der Waals surface area contributed by atoms with Crippen molar-refractivity contribution in [1.29, 1.82) is 0 Å². The van der Waals surface area contributed by atoms with E-state index in [1.54, 1.807) is 22.8 Å². The SMILES string of the molecule is COc1cccn2c(C(=O)Nc3ccc(-c4nc5ccc(C)cc5s4)cc3)c(C)nc12. The highest BCUT2D eigenvalue weighted by Gasteiger charge is 2.19. The van der Waals surface area contributed by atoms with Crippen LogP contribution in [0.5, 0.6) is 5.75 Å². The molecule has 0 aliphatic rings. The minimum absolute atomic E-state index is 0.221. The van der Waals surface area contributed by atoms with E-state index in [0.29, 0.717) is 28.5 Å². The number of imidazole rings is 1. The van der Waals surface area contributed by atoms with Crippen LogP contribution in [0.15, 0.2) is 60.8 Å². The molecule has 3 heterocycles. The molecule has 1 amide bonds. The number of rotatable bonds is 4. The van der Waals surface area contributed by atoms with Gasteiger partial charge in [-0.05, 0) is 67.9 Å². The molecule has 0 radical (unpaired) electrons. The number of aromatic nitrogens is 3. The normalized spacial score (nSPS) is 11.2. The first-order valence-electron chi connectivity index (χ1n) is 9.84. The van der Waals surface area contributed by atoms with E-state index in [4.69, 9.17) is 9.72 Å². The molecule has 6 nitrogen and oxygen atoms in total. The van der Waals surface area contributed by atoms with Gasteiger partial charge < -0.3 is 10.1 Å². The molecule has 5 aromatic rings. The number of thiazole rings is 1. The molecule has 0 saturated heterocycles. The summed E-state index contributed by atoms with van der Waals surface area (Å²) in [5, 5.41) is 3.93. The van der Waals surface area contributed by atoms with Crippen molar-refractivity contribution in [3.63, 3.8) is 0 Å². The van der Waals surface area contributed by atoms with Crippen LogP contribution in [-0.2, 0) is 0 Å². The minimum atomic E-state index is -0.221. The van der Waals surface area contributed by atoms with Crippen molar-refractivity contribution in [3.05, 3.63) is 77.7 Å². The Kier molecular flexibility index (Phi) is 4.67. The average Bonchev–Trinajstić information content (AvgIpc) is 3.33. The fourth-order valence-corrected chi connectivity index (χ4v) is 4.70. The maximum atomic E-state index is 13.0. The zero-order valence-electron chi connectivity index (χ0n) is 17.3. The number of benzene rings is 2. The van der Waals surface area contributed by atoms with Crippen LogP contribution in [0.3, 0.4) is 0 Å². The first kappa shape index (κ1) is 19.3. The Hall–Kier alpha value is -3.71. The molecule has 0 fully saturated rings. The Balaban J connectivity index is 1.41. The zero-order valence-corrected chi connectivity index (χ0v) is 18.2. The number of pyridine rings is 1. The minimum Gasteiger partial charge on any atom is -0.493 e. The summed E-state index contributed by atoms with van der Waals surface area (Å²) in [6.45, 7) is 3.90. The summed E-state index contributed by atoms with van der Waals surface area (Å²) in [7, 11) is 1.59. The van der Waals surface area contributed by atoms with Crippen LogP contribution in [-0.4, -0.2) is 27.4 Å². The third kappa shape index (κ3) is 3.43. The molecule has 0 aliphatic carbocycles. The number of carbonyl (C=O) groups is 1. The summed E-state index contributed by atoms with van der Waals surface area (Å²) in [6.07, 6.45) is 1.81. The van der Waals surface area contributed by atoms with Crippen molar-refractivity contribution in [2.75, 3.05) is 12.4 Å². The van der Waals surface area contributed by atoms with Gasteiger partial charge in [0.15, 0.2) is 11.4 Å². The highest BCUT2D eigenvalue weighted by atomic mass is 32.1. The van der Waals surface area contributed by atoms with E-state index in [1.807, 2.05) is 55.6 Å². The second-order valence-electron chi connectivity index (χ2n) is 7.34. The Bertz CT molecular complexity index is 1430. The summed E-state index contributed by atoms with van der Waals surface area (Å²) < 4.78 is 8.28. The van der Waals surface area contributed by atoms with E-state index in [0.717, 1.165) is 16.1 Å². The summed E-state index contributed by atoms with van der Waals surface area (Å²) in [5.41, 5.74) is 5.70. The summed E-state index contributed by atoms with van der Waals surface area (Å²) in [5.74, 6) is 0.404. The summed E-state index contributed by atoms with van der Waals surface area (Å²) in [4.78, 5) is 22.2. The maximum absolute atomic E-state index is 13.0. The number of fused-ring (bicyclic) bond motifs is 2. The molecule has 0 atom stereocenters. The number of nitrogens with one attached hydrogen (secondary N) is 1. The van der Waals surface area contributed by atoms with E-state index >= 15 is 0 Å². The fraction of sp³-hybridized carbons (Fsp3) is 0.125. The number of carbonyl (C=O) groups excluding carboxylic acids is 1. The quantitative estimate of drug-likeness (QED) is 0.411. The average molecular weight is 429 g/mol. The van der Waals surface area contributed by atoms with E-state index in [2.05, 4.69) is 29.4 Å². The molecule has 5 rings (SSSR count). The second-order valence-corrected chi connectivity index (χ2v) is 8.37. The lowest BCUT2D eigenvalue weighted by Gasteiger charge is -2.07. The van der Waals surface area contributed by atoms with Crippen LogP contribution >= 0.6 is 11.3 Å². The lowest BCUT2D eigenvalue weighted by Crippen LogP contribution is -2.15. The number of nitrogens with zero attached hydrogens (tertiary/aromatic N) is 3. The highest BCUT2D eigenvalue weighted by Crippen LogP contribution is 2.31. The van der Waals surface area contributed by atoms with Gasteiger partial charge in [0.25, 0.3) is 5.91 Å². The van der Waals surface area contributed by atoms with Crippen LogP contribution in [0, 0.1) is 13.8 Å².